The van der Waals surface area contributed by atoms with Gasteiger partial charge in [0.2, 0.25) is 11.8 Å². The molecule has 35 heavy (non-hydrogen) atoms. The Balaban J connectivity index is 1.74. The number of aromatic nitrogens is 3. The van der Waals surface area contributed by atoms with E-state index in [4.69, 9.17) is 9.73 Å². The van der Waals surface area contributed by atoms with E-state index in [0.29, 0.717) is 29.6 Å². The molecule has 0 amide bonds. The van der Waals surface area contributed by atoms with E-state index in [-0.39, 0.29) is 30.3 Å². The maximum atomic E-state index is 15.3. The minimum absolute atomic E-state index is 0.147. The molecule has 0 spiro atoms. The highest BCUT2D eigenvalue weighted by Gasteiger charge is 2.27. The number of nitrogens with one attached hydrogen (secondary N) is 1. The molecule has 2 atom stereocenters. The zero-order valence-corrected chi connectivity index (χ0v) is 20.7. The van der Waals surface area contributed by atoms with Crippen molar-refractivity contribution in [3.63, 3.8) is 0 Å². The van der Waals surface area contributed by atoms with E-state index in [2.05, 4.69) is 21.5 Å². The summed E-state index contributed by atoms with van der Waals surface area (Å²) in [5.41, 5.74) is 3.65. The average Bonchev–Trinajstić information content (AvgIpc) is 3.17. The molecule has 184 valence electrons. The number of nitrogens with zero attached hydrogens (tertiary/aromatic N) is 5. The molecule has 7 nitrogen and oxygen atoms in total. The number of anilines is 1. The van der Waals surface area contributed by atoms with E-state index >= 15 is 4.39 Å². The highest BCUT2D eigenvalue weighted by atomic mass is 19.1. The number of hydrogen-bond acceptors (Lipinski definition) is 6. The molecule has 2 aromatic heterocycles. The van der Waals surface area contributed by atoms with Crippen LogP contribution in [-0.4, -0.2) is 40.6 Å². The monoisotopic (exact) mass is 480 g/mol. The predicted octanol–water partition coefficient (Wildman–Crippen LogP) is 5.77. The molecule has 9 heteroatoms. The highest BCUT2D eigenvalue weighted by molar-refractivity contribution is 5.91. The Hall–Kier alpha value is -3.54. The summed E-state index contributed by atoms with van der Waals surface area (Å²) < 4.78 is 35.2. The molecule has 0 unspecified atom stereocenters. The second-order valence-electron chi connectivity index (χ2n) is 9.80. The van der Waals surface area contributed by atoms with E-state index in [1.165, 1.54) is 17.8 Å². The van der Waals surface area contributed by atoms with Gasteiger partial charge in [0.25, 0.3) is 0 Å². The van der Waals surface area contributed by atoms with E-state index in [0.717, 1.165) is 23.4 Å². The third kappa shape index (κ3) is 4.83. The summed E-state index contributed by atoms with van der Waals surface area (Å²) >= 11 is 0. The number of methoxy groups -OCH3 is 1. The second-order valence-corrected chi connectivity index (χ2v) is 9.80. The summed E-state index contributed by atoms with van der Waals surface area (Å²) in [7, 11) is 1.47. The molecule has 1 aliphatic heterocycles. The lowest BCUT2D eigenvalue weighted by atomic mass is 9.80. The number of alkyl halides is 1. The van der Waals surface area contributed by atoms with Gasteiger partial charge in [0.15, 0.2) is 5.82 Å². The molecule has 4 rings (SSSR count). The van der Waals surface area contributed by atoms with Crippen LogP contribution in [-0.2, 0) is 6.42 Å². The number of aliphatic imine (C=N–C) groups is 1. The van der Waals surface area contributed by atoms with Crippen LogP contribution in [0.1, 0.15) is 39.7 Å². The highest BCUT2D eigenvalue weighted by Crippen LogP contribution is 2.39. The molecule has 0 fully saturated rings. The van der Waals surface area contributed by atoms with Crippen molar-refractivity contribution in [1.82, 2.24) is 14.6 Å². The molecule has 1 aromatic carbocycles. The third-order valence-corrected chi connectivity index (χ3v) is 6.63. The lowest BCUT2D eigenvalue weighted by Gasteiger charge is -2.28. The molecule has 3 heterocycles. The largest absolute Gasteiger partial charge is 0.479 e. The Morgan fingerprint density at radius 3 is 2.83 bits per heavy atom. The van der Waals surface area contributed by atoms with E-state index in [1.807, 2.05) is 32.0 Å². The summed E-state index contributed by atoms with van der Waals surface area (Å²) in [6.07, 6.45) is 2.51. The fraction of sp³-hybridized carbons (Fsp3) is 0.462. The average molecular weight is 481 g/mol. The van der Waals surface area contributed by atoms with Crippen LogP contribution in [0.25, 0.3) is 16.6 Å². The number of benzene rings is 1. The van der Waals surface area contributed by atoms with Gasteiger partial charge in [-0.1, -0.05) is 13.0 Å². The SMILES string of the molecule is COc1nc(NCC(C)(C)C#N)nn2cc(F)c(-c3ccc4c(c3)C[C@H]([C@H](C)CCF)C(C)=N4)c12. The number of rotatable bonds is 8. The number of ether oxygens (including phenoxy) is 1. The van der Waals surface area contributed by atoms with Crippen LogP contribution in [0, 0.1) is 34.4 Å². The number of fused-ring (bicyclic) bond motifs is 2. The Bertz CT molecular complexity index is 1320. The molecule has 0 bridgehead atoms. The molecular weight excluding hydrogens is 450 g/mol. The van der Waals surface area contributed by atoms with Crippen LogP contribution < -0.4 is 10.1 Å². The van der Waals surface area contributed by atoms with E-state index in [1.54, 1.807) is 13.8 Å². The first kappa shape index (κ1) is 24.6. The summed E-state index contributed by atoms with van der Waals surface area (Å²) in [5, 5.41) is 16.7. The minimum atomic E-state index is -0.623. The molecule has 3 aromatic rings. The normalized spacial score (nSPS) is 16.4. The standard InChI is InChI=1S/C26H30F2N6O/c1-15(8-9-27)19-11-18-10-17(6-7-21(18)31-16(19)2)22-20(28)12-34-23(22)24(35-5)32-25(33-34)30-14-26(3,4)13-29/h6-7,10,12,15,19H,8-9,11,14H2,1-5H3,(H,30,33)/t15-,19-/m1/s1. The Kier molecular flexibility index (Phi) is 6.75. The van der Waals surface area contributed by atoms with E-state index < -0.39 is 11.2 Å². The molecule has 0 saturated heterocycles. The third-order valence-electron chi connectivity index (χ3n) is 6.63. The van der Waals surface area contributed by atoms with Crippen molar-refractivity contribution in [3.05, 3.63) is 35.8 Å². The lowest BCUT2D eigenvalue weighted by Crippen LogP contribution is -2.25. The molecule has 0 radical (unpaired) electrons. The van der Waals surface area contributed by atoms with Crippen molar-refractivity contribution in [3.8, 4) is 23.1 Å². The van der Waals surface area contributed by atoms with Crippen LogP contribution in [0.15, 0.2) is 29.4 Å². The van der Waals surface area contributed by atoms with Gasteiger partial charge in [0.05, 0.1) is 42.7 Å². The number of halogens is 2. The smallest absolute Gasteiger partial charge is 0.244 e. The Labute approximate surface area is 203 Å². The predicted molar refractivity (Wildman–Crippen MR) is 133 cm³/mol. The molecule has 0 aliphatic carbocycles. The maximum absolute atomic E-state index is 15.3. The number of hydrogen-bond donors (Lipinski definition) is 1. The van der Waals surface area contributed by atoms with E-state index in [9.17, 15) is 9.65 Å². The van der Waals surface area contributed by atoms with Crippen molar-refractivity contribution in [2.75, 3.05) is 25.6 Å². The van der Waals surface area contributed by atoms with Crippen LogP contribution >= 0.6 is 0 Å². The van der Waals surface area contributed by atoms with Crippen LogP contribution in [0.3, 0.4) is 0 Å². The van der Waals surface area contributed by atoms with Crippen molar-refractivity contribution in [2.45, 2.75) is 40.5 Å². The van der Waals surface area contributed by atoms with Crippen molar-refractivity contribution in [2.24, 2.45) is 22.2 Å². The first-order valence-electron chi connectivity index (χ1n) is 11.7. The fourth-order valence-corrected chi connectivity index (χ4v) is 4.51. The quantitative estimate of drug-likeness (QED) is 0.442. The first-order valence-corrected chi connectivity index (χ1v) is 11.7. The second kappa shape index (κ2) is 9.61. The van der Waals surface area contributed by atoms with Crippen LogP contribution in [0.2, 0.25) is 0 Å². The van der Waals surface area contributed by atoms with Gasteiger partial charge in [-0.05, 0) is 62.8 Å². The van der Waals surface area contributed by atoms with Gasteiger partial charge in [0, 0.05) is 18.2 Å². The Morgan fingerprint density at radius 1 is 1.37 bits per heavy atom. The Morgan fingerprint density at radius 2 is 2.14 bits per heavy atom. The van der Waals surface area contributed by atoms with Crippen molar-refractivity contribution >= 4 is 22.9 Å². The summed E-state index contributed by atoms with van der Waals surface area (Å²) in [6.45, 7) is 7.60. The van der Waals surface area contributed by atoms with Crippen molar-refractivity contribution < 1.29 is 13.5 Å². The minimum Gasteiger partial charge on any atom is -0.479 e. The van der Waals surface area contributed by atoms with Gasteiger partial charge in [0.1, 0.15) is 5.52 Å². The maximum Gasteiger partial charge on any atom is 0.244 e. The van der Waals surface area contributed by atoms with Gasteiger partial charge < -0.3 is 10.1 Å². The zero-order chi connectivity index (χ0) is 25.3. The zero-order valence-electron chi connectivity index (χ0n) is 20.7. The molecular formula is C26H30F2N6O. The van der Waals surface area contributed by atoms with Gasteiger partial charge in [-0.25, -0.2) is 8.91 Å². The van der Waals surface area contributed by atoms with Gasteiger partial charge in [-0.15, -0.1) is 5.10 Å². The molecule has 1 aliphatic rings. The topological polar surface area (TPSA) is 87.6 Å². The van der Waals surface area contributed by atoms with Gasteiger partial charge in [-0.2, -0.15) is 10.2 Å². The van der Waals surface area contributed by atoms with Crippen LogP contribution in [0.4, 0.5) is 20.4 Å². The molecule has 1 N–H and O–H groups in total. The summed E-state index contributed by atoms with van der Waals surface area (Å²) in [5.74, 6) is 0.313. The summed E-state index contributed by atoms with van der Waals surface area (Å²) in [6, 6.07) is 7.88. The first-order chi connectivity index (χ1) is 16.7. The lowest BCUT2D eigenvalue weighted by molar-refractivity contribution is 0.353. The van der Waals surface area contributed by atoms with Crippen molar-refractivity contribution in [1.29, 1.82) is 5.26 Å². The summed E-state index contributed by atoms with van der Waals surface area (Å²) in [4.78, 5) is 9.16. The van der Waals surface area contributed by atoms with Gasteiger partial charge in [-0.3, -0.25) is 9.38 Å². The fourth-order valence-electron chi connectivity index (χ4n) is 4.51. The molecule has 0 saturated carbocycles. The number of nitriles is 1. The van der Waals surface area contributed by atoms with Crippen LogP contribution in [0.5, 0.6) is 5.88 Å². The van der Waals surface area contributed by atoms with Gasteiger partial charge >= 0.3 is 0 Å².